The van der Waals surface area contributed by atoms with Gasteiger partial charge in [0.15, 0.2) is 0 Å². The second-order valence-electron chi connectivity index (χ2n) is 7.04. The van der Waals surface area contributed by atoms with Crippen LogP contribution in [-0.2, 0) is 9.53 Å². The Morgan fingerprint density at radius 1 is 1.08 bits per heavy atom. The second kappa shape index (κ2) is 8.47. The lowest BCUT2D eigenvalue weighted by atomic mass is 10.0. The number of esters is 1. The van der Waals surface area contributed by atoms with Crippen LogP contribution >= 0.6 is 0 Å². The van der Waals surface area contributed by atoms with E-state index in [1.165, 1.54) is 18.2 Å². The van der Waals surface area contributed by atoms with Crippen LogP contribution in [0.15, 0.2) is 60.7 Å². The molecule has 1 N–H and O–H groups in total. The summed E-state index contributed by atoms with van der Waals surface area (Å²) >= 11 is 0. The summed E-state index contributed by atoms with van der Waals surface area (Å²) in [5.41, 5.74) is 2.54. The third-order valence-electron chi connectivity index (χ3n) is 5.31. The topological polar surface area (TPSA) is 41.3 Å². The van der Waals surface area contributed by atoms with E-state index in [-0.39, 0.29) is 18.1 Å². The molecule has 0 spiro atoms. The SMILES string of the molecule is COC(=O)C[C@H](N[C@H](C)c1ccccc1)[C@@H]1CN1[C@H](C)c1ccccc1. The van der Waals surface area contributed by atoms with Gasteiger partial charge in [0, 0.05) is 30.7 Å². The predicted molar refractivity (Wildman–Crippen MR) is 104 cm³/mol. The lowest BCUT2D eigenvalue weighted by Gasteiger charge is -2.24. The van der Waals surface area contributed by atoms with E-state index in [9.17, 15) is 4.79 Å². The maximum absolute atomic E-state index is 11.9. The van der Waals surface area contributed by atoms with Crippen LogP contribution in [0.1, 0.15) is 43.5 Å². The summed E-state index contributed by atoms with van der Waals surface area (Å²) in [5, 5.41) is 3.65. The van der Waals surface area contributed by atoms with E-state index in [4.69, 9.17) is 4.74 Å². The minimum atomic E-state index is -0.165. The Bertz CT molecular complexity index is 705. The van der Waals surface area contributed by atoms with Crippen molar-refractivity contribution in [3.63, 3.8) is 0 Å². The van der Waals surface area contributed by atoms with Crippen molar-refractivity contribution in [3.8, 4) is 0 Å². The molecule has 0 aromatic heterocycles. The quantitative estimate of drug-likeness (QED) is 0.581. The van der Waals surface area contributed by atoms with Crippen molar-refractivity contribution >= 4 is 5.97 Å². The first-order chi connectivity index (χ1) is 12.6. The van der Waals surface area contributed by atoms with Gasteiger partial charge in [-0.05, 0) is 25.0 Å². The van der Waals surface area contributed by atoms with Crippen molar-refractivity contribution in [3.05, 3.63) is 71.8 Å². The van der Waals surface area contributed by atoms with Gasteiger partial charge in [0.25, 0.3) is 0 Å². The number of hydrogen-bond donors (Lipinski definition) is 1. The van der Waals surface area contributed by atoms with Gasteiger partial charge in [-0.25, -0.2) is 0 Å². The fraction of sp³-hybridized carbons (Fsp3) is 0.409. The molecule has 3 rings (SSSR count). The maximum atomic E-state index is 11.9. The van der Waals surface area contributed by atoms with Crippen molar-refractivity contribution in [2.45, 2.75) is 44.4 Å². The maximum Gasteiger partial charge on any atom is 0.307 e. The molecule has 1 aliphatic heterocycles. The average Bonchev–Trinajstić information content (AvgIpc) is 3.49. The molecule has 4 nitrogen and oxygen atoms in total. The molecular weight excluding hydrogens is 324 g/mol. The third kappa shape index (κ3) is 4.51. The first-order valence-corrected chi connectivity index (χ1v) is 9.28. The van der Waals surface area contributed by atoms with E-state index in [2.05, 4.69) is 60.5 Å². The minimum Gasteiger partial charge on any atom is -0.469 e. The molecule has 0 radical (unpaired) electrons. The summed E-state index contributed by atoms with van der Waals surface area (Å²) in [6.07, 6.45) is 0.385. The Balaban J connectivity index is 1.68. The van der Waals surface area contributed by atoms with E-state index in [1.807, 2.05) is 24.3 Å². The van der Waals surface area contributed by atoms with E-state index < -0.39 is 0 Å². The number of carbonyl (C=O) groups is 1. The monoisotopic (exact) mass is 352 g/mol. The normalized spacial score (nSPS) is 22.3. The second-order valence-corrected chi connectivity index (χ2v) is 7.04. The highest BCUT2D eigenvalue weighted by Gasteiger charge is 2.44. The molecule has 138 valence electrons. The van der Waals surface area contributed by atoms with Gasteiger partial charge in [0.1, 0.15) is 0 Å². The standard InChI is InChI=1S/C22H28N2O2/c1-16(18-10-6-4-7-11-18)23-20(14-22(25)26-3)21-15-24(21)17(2)19-12-8-5-9-13-19/h4-13,16-17,20-21,23H,14-15H2,1-3H3/t16-,17-,20+,21+,24?/m1/s1. The summed E-state index contributed by atoms with van der Waals surface area (Å²) in [6.45, 7) is 5.37. The van der Waals surface area contributed by atoms with Gasteiger partial charge in [-0.1, -0.05) is 60.7 Å². The molecule has 4 heteroatoms. The zero-order valence-electron chi connectivity index (χ0n) is 15.8. The lowest BCUT2D eigenvalue weighted by Crippen LogP contribution is -2.39. The largest absolute Gasteiger partial charge is 0.469 e. The van der Waals surface area contributed by atoms with Crippen LogP contribution in [0.25, 0.3) is 0 Å². The number of methoxy groups -OCH3 is 1. The number of rotatable bonds is 8. The number of benzene rings is 2. The van der Waals surface area contributed by atoms with Crippen molar-refractivity contribution in [1.29, 1.82) is 0 Å². The number of ether oxygens (including phenoxy) is 1. The van der Waals surface area contributed by atoms with Crippen LogP contribution in [0.2, 0.25) is 0 Å². The van der Waals surface area contributed by atoms with Gasteiger partial charge < -0.3 is 10.1 Å². The van der Waals surface area contributed by atoms with Gasteiger partial charge in [0.2, 0.25) is 0 Å². The number of nitrogens with one attached hydrogen (secondary N) is 1. The number of nitrogens with zero attached hydrogens (tertiary/aromatic N) is 1. The van der Waals surface area contributed by atoms with Crippen LogP contribution in [0.3, 0.4) is 0 Å². The van der Waals surface area contributed by atoms with E-state index in [1.54, 1.807) is 0 Å². The van der Waals surface area contributed by atoms with Crippen LogP contribution in [0, 0.1) is 0 Å². The molecule has 2 aromatic rings. The van der Waals surface area contributed by atoms with E-state index in [0.717, 1.165) is 6.54 Å². The molecule has 5 atom stereocenters. The molecule has 1 heterocycles. The van der Waals surface area contributed by atoms with Crippen LogP contribution in [0.4, 0.5) is 0 Å². The molecule has 0 bridgehead atoms. The highest BCUT2D eigenvalue weighted by Crippen LogP contribution is 2.35. The van der Waals surface area contributed by atoms with E-state index in [0.29, 0.717) is 18.5 Å². The van der Waals surface area contributed by atoms with Crippen molar-refractivity contribution in [1.82, 2.24) is 10.2 Å². The zero-order valence-corrected chi connectivity index (χ0v) is 15.8. The molecule has 2 aromatic carbocycles. The fourth-order valence-electron chi connectivity index (χ4n) is 3.62. The summed E-state index contributed by atoms with van der Waals surface area (Å²) < 4.78 is 4.93. The molecule has 1 unspecified atom stereocenters. The number of hydrogen-bond acceptors (Lipinski definition) is 4. The Labute approximate surface area is 156 Å². The molecule has 0 amide bonds. The smallest absolute Gasteiger partial charge is 0.307 e. The minimum absolute atomic E-state index is 0.0730. The molecule has 1 aliphatic rings. The summed E-state index contributed by atoms with van der Waals surface area (Å²) in [7, 11) is 1.46. The Morgan fingerprint density at radius 3 is 2.23 bits per heavy atom. The Kier molecular flexibility index (Phi) is 6.07. The first kappa shape index (κ1) is 18.6. The zero-order chi connectivity index (χ0) is 18.5. The summed E-state index contributed by atoms with van der Waals surface area (Å²) in [6, 6.07) is 21.8. The summed E-state index contributed by atoms with van der Waals surface area (Å²) in [5.74, 6) is -0.165. The molecule has 26 heavy (non-hydrogen) atoms. The van der Waals surface area contributed by atoms with Gasteiger partial charge in [-0.2, -0.15) is 0 Å². The van der Waals surface area contributed by atoms with Crippen LogP contribution < -0.4 is 5.32 Å². The van der Waals surface area contributed by atoms with Crippen LogP contribution in [-0.4, -0.2) is 36.6 Å². The van der Waals surface area contributed by atoms with Gasteiger partial charge in [-0.15, -0.1) is 0 Å². The Morgan fingerprint density at radius 2 is 1.65 bits per heavy atom. The predicted octanol–water partition coefficient (Wildman–Crippen LogP) is 3.71. The average molecular weight is 352 g/mol. The molecule has 0 aliphatic carbocycles. The summed E-state index contributed by atoms with van der Waals surface area (Å²) in [4.78, 5) is 14.4. The van der Waals surface area contributed by atoms with E-state index >= 15 is 0 Å². The van der Waals surface area contributed by atoms with Gasteiger partial charge in [-0.3, -0.25) is 9.69 Å². The van der Waals surface area contributed by atoms with Gasteiger partial charge in [0.05, 0.1) is 13.5 Å². The third-order valence-corrected chi connectivity index (χ3v) is 5.31. The molecular formula is C22H28N2O2. The van der Waals surface area contributed by atoms with Crippen LogP contribution in [0.5, 0.6) is 0 Å². The lowest BCUT2D eigenvalue weighted by molar-refractivity contribution is -0.141. The molecule has 0 saturated carbocycles. The highest BCUT2D eigenvalue weighted by molar-refractivity contribution is 5.70. The van der Waals surface area contributed by atoms with Crippen molar-refractivity contribution in [2.24, 2.45) is 0 Å². The highest BCUT2D eigenvalue weighted by atomic mass is 16.5. The molecule has 1 fully saturated rings. The number of carbonyl (C=O) groups excluding carboxylic acids is 1. The van der Waals surface area contributed by atoms with Crippen molar-refractivity contribution < 1.29 is 9.53 Å². The molecule has 1 saturated heterocycles. The van der Waals surface area contributed by atoms with Crippen molar-refractivity contribution in [2.75, 3.05) is 13.7 Å². The first-order valence-electron chi connectivity index (χ1n) is 9.28. The Hall–Kier alpha value is -2.17. The van der Waals surface area contributed by atoms with Gasteiger partial charge >= 0.3 is 5.97 Å². The fourth-order valence-corrected chi connectivity index (χ4v) is 3.62.